The van der Waals surface area contributed by atoms with Crippen molar-refractivity contribution in [2.45, 2.75) is 9.79 Å². The van der Waals surface area contributed by atoms with Gasteiger partial charge in [-0.1, -0.05) is 0 Å². The maximum absolute atomic E-state index is 14.0. The second-order valence-corrected chi connectivity index (χ2v) is 11.0. The molecule has 1 amide bonds. The average Bonchev–Trinajstić information content (AvgIpc) is 2.99. The highest BCUT2D eigenvalue weighted by molar-refractivity contribution is 7.91. The molecule has 40 heavy (non-hydrogen) atoms. The van der Waals surface area contributed by atoms with Crippen LogP contribution >= 0.6 is 0 Å². The molecular formula is C29H29N3O7S. The summed E-state index contributed by atoms with van der Waals surface area (Å²) in [6.45, 7) is 0.700. The molecule has 0 saturated carbocycles. The number of ether oxygens (including phenoxy) is 4. The van der Waals surface area contributed by atoms with Crippen LogP contribution in [-0.4, -0.2) is 67.4 Å². The van der Waals surface area contributed by atoms with Crippen molar-refractivity contribution >= 4 is 38.0 Å². The molecule has 0 bridgehead atoms. The van der Waals surface area contributed by atoms with E-state index in [1.165, 1.54) is 39.7 Å². The topological polar surface area (TPSA) is 108 Å². The summed E-state index contributed by atoms with van der Waals surface area (Å²) in [6.07, 6.45) is 1.34. The molecule has 10 nitrogen and oxygen atoms in total. The van der Waals surface area contributed by atoms with Crippen molar-refractivity contribution in [2.24, 2.45) is 0 Å². The van der Waals surface area contributed by atoms with Crippen LogP contribution in [-0.2, 0) is 14.6 Å². The summed E-state index contributed by atoms with van der Waals surface area (Å²) in [5.74, 6) is 1.93. The van der Waals surface area contributed by atoms with E-state index in [9.17, 15) is 13.2 Å². The molecular weight excluding hydrogens is 534 g/mol. The number of hydrogen-bond donors (Lipinski definition) is 0. The number of methoxy groups -OCH3 is 4. The lowest BCUT2D eigenvalue weighted by Gasteiger charge is -2.37. The number of fused-ring (bicyclic) bond motifs is 1. The van der Waals surface area contributed by atoms with Gasteiger partial charge >= 0.3 is 0 Å². The second kappa shape index (κ2) is 10.9. The molecule has 0 N–H and O–H groups in total. The minimum absolute atomic E-state index is 0.0110. The van der Waals surface area contributed by atoms with Crippen molar-refractivity contribution < 1.29 is 32.2 Å². The fourth-order valence-corrected chi connectivity index (χ4v) is 6.22. The zero-order chi connectivity index (χ0) is 28.4. The van der Waals surface area contributed by atoms with Crippen LogP contribution in [0.3, 0.4) is 0 Å². The van der Waals surface area contributed by atoms with E-state index in [1.807, 2.05) is 12.1 Å². The number of benzene rings is 3. The van der Waals surface area contributed by atoms with E-state index in [1.54, 1.807) is 53.3 Å². The molecule has 1 fully saturated rings. The number of anilines is 2. The molecule has 5 rings (SSSR count). The Kier molecular flexibility index (Phi) is 7.40. The van der Waals surface area contributed by atoms with Crippen LogP contribution in [0.25, 0.3) is 10.9 Å². The quantitative estimate of drug-likeness (QED) is 0.315. The largest absolute Gasteiger partial charge is 0.497 e. The van der Waals surface area contributed by atoms with Crippen molar-refractivity contribution in [3.05, 3.63) is 66.9 Å². The maximum atomic E-state index is 14.0. The smallest absolute Gasteiger partial charge is 0.246 e. The van der Waals surface area contributed by atoms with E-state index in [0.29, 0.717) is 52.7 Å². The maximum Gasteiger partial charge on any atom is 0.246 e. The van der Waals surface area contributed by atoms with E-state index >= 15 is 0 Å². The Morgan fingerprint density at radius 2 is 1.38 bits per heavy atom. The van der Waals surface area contributed by atoms with Gasteiger partial charge in [0, 0.05) is 36.4 Å². The summed E-state index contributed by atoms with van der Waals surface area (Å²) >= 11 is 0. The third-order valence-electron chi connectivity index (χ3n) is 6.89. The van der Waals surface area contributed by atoms with E-state index in [-0.39, 0.29) is 22.2 Å². The van der Waals surface area contributed by atoms with Crippen LogP contribution < -0.4 is 28.7 Å². The zero-order valence-corrected chi connectivity index (χ0v) is 23.4. The molecule has 1 aromatic heterocycles. The Hall–Kier alpha value is -4.51. The third-order valence-corrected chi connectivity index (χ3v) is 8.66. The molecule has 0 radical (unpaired) electrons. The highest BCUT2D eigenvalue weighted by atomic mass is 32.2. The lowest BCUT2D eigenvalue weighted by atomic mass is 10.1. The number of rotatable bonds is 8. The Labute approximate surface area is 232 Å². The predicted molar refractivity (Wildman–Crippen MR) is 151 cm³/mol. The van der Waals surface area contributed by atoms with Crippen molar-refractivity contribution in [1.82, 2.24) is 4.98 Å². The lowest BCUT2D eigenvalue weighted by Crippen LogP contribution is -2.51. The standard InChI is InChI=1S/C29H29N3O7S/c1-36-20-7-5-19(6-8-20)32-14-13-31(18-28(32)33)29-23-15-25(38-3)26(39-4)16-24(23)30-17-27(29)40(34,35)22-11-9-21(37-2)10-12-22/h5-12,15-17H,13-14,18H2,1-4H3. The van der Waals surface area contributed by atoms with E-state index in [0.717, 1.165) is 5.69 Å². The molecule has 208 valence electrons. The number of aromatic nitrogens is 1. The van der Waals surface area contributed by atoms with Crippen molar-refractivity contribution in [1.29, 1.82) is 0 Å². The van der Waals surface area contributed by atoms with Crippen LogP contribution in [0.15, 0.2) is 76.7 Å². The van der Waals surface area contributed by atoms with Gasteiger partial charge in [-0.25, -0.2) is 8.42 Å². The molecule has 11 heteroatoms. The van der Waals surface area contributed by atoms with E-state index in [2.05, 4.69) is 4.98 Å². The number of sulfone groups is 1. The first kappa shape index (κ1) is 27.1. The molecule has 0 atom stereocenters. The number of piperazine rings is 1. The first-order valence-corrected chi connectivity index (χ1v) is 13.9. The third kappa shape index (κ3) is 4.84. The number of carbonyl (C=O) groups excluding carboxylic acids is 1. The van der Waals surface area contributed by atoms with Gasteiger partial charge < -0.3 is 28.7 Å². The average molecular weight is 564 g/mol. The van der Waals surface area contributed by atoms with Gasteiger partial charge in [-0.05, 0) is 54.6 Å². The summed E-state index contributed by atoms with van der Waals surface area (Å²) in [5, 5.41) is 0.526. The number of hydrogen-bond acceptors (Lipinski definition) is 9. The van der Waals surface area contributed by atoms with Crippen LogP contribution in [0.5, 0.6) is 23.0 Å². The van der Waals surface area contributed by atoms with Gasteiger partial charge in [-0.2, -0.15) is 0 Å². The fourth-order valence-electron chi connectivity index (χ4n) is 4.79. The molecule has 2 heterocycles. The Morgan fingerprint density at radius 1 is 0.775 bits per heavy atom. The monoisotopic (exact) mass is 563 g/mol. The Bertz CT molecular complexity index is 1660. The van der Waals surface area contributed by atoms with Gasteiger partial charge in [0.1, 0.15) is 16.4 Å². The highest BCUT2D eigenvalue weighted by Crippen LogP contribution is 2.41. The first-order valence-electron chi connectivity index (χ1n) is 12.4. The minimum Gasteiger partial charge on any atom is -0.497 e. The first-order chi connectivity index (χ1) is 19.3. The Balaban J connectivity index is 1.62. The summed E-state index contributed by atoms with van der Waals surface area (Å²) in [6, 6.07) is 16.8. The molecule has 4 aromatic rings. The minimum atomic E-state index is -4.03. The van der Waals surface area contributed by atoms with Gasteiger partial charge in [0.2, 0.25) is 15.7 Å². The van der Waals surface area contributed by atoms with Crippen molar-refractivity contribution in [2.75, 3.05) is 57.9 Å². The number of pyridine rings is 1. The zero-order valence-electron chi connectivity index (χ0n) is 22.6. The van der Waals surface area contributed by atoms with Gasteiger partial charge in [-0.3, -0.25) is 9.78 Å². The van der Waals surface area contributed by atoms with Crippen LogP contribution in [0.4, 0.5) is 11.4 Å². The molecule has 0 unspecified atom stereocenters. The van der Waals surface area contributed by atoms with Gasteiger partial charge in [0.05, 0.1) is 51.1 Å². The summed E-state index contributed by atoms with van der Waals surface area (Å²) in [7, 11) is 2.09. The molecule has 1 aliphatic rings. The molecule has 1 saturated heterocycles. The number of carbonyl (C=O) groups is 1. The van der Waals surface area contributed by atoms with Crippen LogP contribution in [0, 0.1) is 0 Å². The molecule has 1 aliphatic heterocycles. The molecule has 0 spiro atoms. The summed E-state index contributed by atoms with van der Waals surface area (Å²) in [4.78, 5) is 21.4. The summed E-state index contributed by atoms with van der Waals surface area (Å²) in [5.41, 5.74) is 1.62. The fraction of sp³-hybridized carbons (Fsp3) is 0.241. The number of amides is 1. The second-order valence-electron chi connectivity index (χ2n) is 9.04. The van der Waals surface area contributed by atoms with Crippen molar-refractivity contribution in [3.63, 3.8) is 0 Å². The normalized spacial score (nSPS) is 13.8. The highest BCUT2D eigenvalue weighted by Gasteiger charge is 2.32. The molecule has 3 aromatic carbocycles. The van der Waals surface area contributed by atoms with E-state index in [4.69, 9.17) is 18.9 Å². The Morgan fingerprint density at radius 3 is 1.95 bits per heavy atom. The molecule has 0 aliphatic carbocycles. The van der Waals surface area contributed by atoms with Gasteiger partial charge in [0.25, 0.3) is 0 Å². The lowest BCUT2D eigenvalue weighted by molar-refractivity contribution is -0.117. The van der Waals surface area contributed by atoms with Gasteiger partial charge in [0.15, 0.2) is 11.5 Å². The summed E-state index contributed by atoms with van der Waals surface area (Å²) < 4.78 is 49.3. The SMILES string of the molecule is COc1ccc(N2CCN(c3c(S(=O)(=O)c4ccc(OC)cc4)cnc4cc(OC)c(OC)cc34)CC2=O)cc1. The predicted octanol–water partition coefficient (Wildman–Crippen LogP) is 3.96. The van der Waals surface area contributed by atoms with Crippen LogP contribution in [0.2, 0.25) is 0 Å². The number of nitrogens with zero attached hydrogens (tertiary/aromatic N) is 3. The van der Waals surface area contributed by atoms with Crippen molar-refractivity contribution in [3.8, 4) is 23.0 Å². The van der Waals surface area contributed by atoms with Gasteiger partial charge in [-0.15, -0.1) is 0 Å². The van der Waals surface area contributed by atoms with E-state index < -0.39 is 9.84 Å². The van der Waals surface area contributed by atoms with Crippen LogP contribution in [0.1, 0.15) is 0 Å².